The molecule has 0 aromatic carbocycles. The van der Waals surface area contributed by atoms with Gasteiger partial charge in [0.15, 0.2) is 12.2 Å². The predicted octanol–water partition coefficient (Wildman–Crippen LogP) is 20.1. The highest BCUT2D eigenvalue weighted by molar-refractivity contribution is 7.47. The van der Waals surface area contributed by atoms with E-state index in [4.69, 9.17) is 37.0 Å². The van der Waals surface area contributed by atoms with Gasteiger partial charge in [-0.3, -0.25) is 37.3 Å². The van der Waals surface area contributed by atoms with Crippen LogP contribution in [0.5, 0.6) is 0 Å². The van der Waals surface area contributed by atoms with Crippen molar-refractivity contribution in [2.24, 2.45) is 23.7 Å². The zero-order valence-corrected chi connectivity index (χ0v) is 60.6. The number of esters is 4. The van der Waals surface area contributed by atoms with E-state index in [1.54, 1.807) is 0 Å². The number of ether oxygens (including phenoxy) is 4. The Morgan fingerprint density at radius 3 is 0.789 bits per heavy atom. The maximum Gasteiger partial charge on any atom is 0.472 e. The summed E-state index contributed by atoms with van der Waals surface area (Å²) in [4.78, 5) is 72.6. The average molecular weight is 1330 g/mol. The highest BCUT2D eigenvalue weighted by Gasteiger charge is 2.30. The van der Waals surface area contributed by atoms with Gasteiger partial charge in [-0.1, -0.05) is 299 Å². The summed E-state index contributed by atoms with van der Waals surface area (Å²) < 4.78 is 68.3. The maximum atomic E-state index is 13.0. The van der Waals surface area contributed by atoms with Gasteiger partial charge in [0.25, 0.3) is 0 Å². The molecule has 0 rings (SSSR count). The summed E-state index contributed by atoms with van der Waals surface area (Å²) in [5.74, 6) is 0.859. The Morgan fingerprint density at radius 2 is 0.533 bits per heavy atom. The fraction of sp³-hybridized carbons (Fsp3) is 0.944. The molecule has 6 atom stereocenters. The molecule has 0 spiro atoms. The topological polar surface area (TPSA) is 237 Å². The molecule has 0 saturated carbocycles. The van der Waals surface area contributed by atoms with Crippen molar-refractivity contribution in [1.82, 2.24) is 0 Å². The minimum Gasteiger partial charge on any atom is -0.462 e. The molecular weight excluding hydrogens is 1190 g/mol. The fourth-order valence-electron chi connectivity index (χ4n) is 10.6. The van der Waals surface area contributed by atoms with Crippen molar-refractivity contribution in [1.29, 1.82) is 0 Å². The highest BCUT2D eigenvalue weighted by Crippen LogP contribution is 2.45. The van der Waals surface area contributed by atoms with Crippen LogP contribution in [0.1, 0.15) is 351 Å². The van der Waals surface area contributed by atoms with E-state index in [9.17, 15) is 43.2 Å². The average Bonchev–Trinajstić information content (AvgIpc) is 2.80. The zero-order chi connectivity index (χ0) is 66.8. The van der Waals surface area contributed by atoms with E-state index in [0.717, 1.165) is 120 Å². The Bertz CT molecular complexity index is 1780. The number of phosphoric acid groups is 2. The molecule has 0 radical (unpaired) electrons. The summed E-state index contributed by atoms with van der Waals surface area (Å²) in [5.41, 5.74) is 0. The van der Waals surface area contributed by atoms with Crippen molar-refractivity contribution in [2.45, 2.75) is 369 Å². The normalized spacial score (nSPS) is 14.6. The SMILES string of the molecule is CCC(C)CCCCCCCCC(=O)OC[C@H](COP(=O)(O)OCC(O)COP(=O)(O)OC[C@@H](COC(=O)CCCCCCCCCCC(C)C)OC(=O)CCCCCCCCCCCC(C)C)OC(=O)CCCCCCCCCCCCCCCCC(C)C. The van der Waals surface area contributed by atoms with Gasteiger partial charge in [0.05, 0.1) is 26.4 Å². The van der Waals surface area contributed by atoms with E-state index < -0.39 is 97.5 Å². The Labute approximate surface area is 549 Å². The summed E-state index contributed by atoms with van der Waals surface area (Å²) >= 11 is 0. The minimum absolute atomic E-state index is 0.104. The van der Waals surface area contributed by atoms with Gasteiger partial charge < -0.3 is 33.8 Å². The highest BCUT2D eigenvalue weighted by atomic mass is 31.2. The molecule has 0 bridgehead atoms. The molecule has 0 fully saturated rings. The molecule has 0 heterocycles. The van der Waals surface area contributed by atoms with Crippen LogP contribution in [0.2, 0.25) is 0 Å². The minimum atomic E-state index is -4.95. The third kappa shape index (κ3) is 63.5. The lowest BCUT2D eigenvalue weighted by molar-refractivity contribution is -0.161. The van der Waals surface area contributed by atoms with E-state index in [-0.39, 0.29) is 25.7 Å². The number of phosphoric ester groups is 2. The summed E-state index contributed by atoms with van der Waals surface area (Å²) in [6.45, 7) is 14.1. The molecule has 0 aromatic heterocycles. The maximum absolute atomic E-state index is 13.0. The number of carbonyl (C=O) groups excluding carboxylic acids is 4. The zero-order valence-electron chi connectivity index (χ0n) is 58.8. The molecule has 0 aromatic rings. The number of aliphatic hydroxyl groups excluding tert-OH is 1. The van der Waals surface area contributed by atoms with Gasteiger partial charge in [-0.2, -0.15) is 0 Å². The Balaban J connectivity index is 5.24. The van der Waals surface area contributed by atoms with Crippen LogP contribution >= 0.6 is 15.6 Å². The third-order valence-electron chi connectivity index (χ3n) is 16.7. The largest absolute Gasteiger partial charge is 0.472 e. The molecule has 534 valence electrons. The van der Waals surface area contributed by atoms with Gasteiger partial charge in [0.1, 0.15) is 19.3 Å². The van der Waals surface area contributed by atoms with Gasteiger partial charge in [-0.05, 0) is 49.4 Å². The first-order valence-corrected chi connectivity index (χ1v) is 39.7. The second-order valence-corrected chi connectivity index (χ2v) is 30.2. The van der Waals surface area contributed by atoms with Crippen LogP contribution in [0.3, 0.4) is 0 Å². The van der Waals surface area contributed by atoms with Crippen LogP contribution in [0.25, 0.3) is 0 Å². The summed E-state index contributed by atoms with van der Waals surface area (Å²) in [5, 5.41) is 10.6. The first-order valence-electron chi connectivity index (χ1n) is 36.7. The fourth-order valence-corrected chi connectivity index (χ4v) is 12.2. The monoisotopic (exact) mass is 1320 g/mol. The van der Waals surface area contributed by atoms with Crippen LogP contribution in [0.15, 0.2) is 0 Å². The van der Waals surface area contributed by atoms with E-state index >= 15 is 0 Å². The molecule has 0 aliphatic carbocycles. The third-order valence-corrected chi connectivity index (χ3v) is 18.6. The van der Waals surface area contributed by atoms with Crippen molar-refractivity contribution < 1.29 is 80.2 Å². The summed E-state index contributed by atoms with van der Waals surface area (Å²) in [6, 6.07) is 0. The molecule has 0 amide bonds. The molecule has 17 nitrogen and oxygen atoms in total. The predicted molar refractivity (Wildman–Crippen MR) is 363 cm³/mol. The van der Waals surface area contributed by atoms with Crippen LogP contribution in [0, 0.1) is 23.7 Å². The number of hydrogen-bond donors (Lipinski definition) is 3. The summed E-state index contributed by atoms with van der Waals surface area (Å²) in [7, 11) is -9.90. The van der Waals surface area contributed by atoms with Gasteiger partial charge in [-0.25, -0.2) is 9.13 Å². The molecule has 4 unspecified atom stereocenters. The van der Waals surface area contributed by atoms with Crippen molar-refractivity contribution >= 4 is 39.5 Å². The van der Waals surface area contributed by atoms with Crippen LogP contribution in [-0.4, -0.2) is 96.7 Å². The van der Waals surface area contributed by atoms with E-state index in [2.05, 4.69) is 55.4 Å². The molecule has 3 N–H and O–H groups in total. The molecule has 0 aliphatic heterocycles. The van der Waals surface area contributed by atoms with Crippen molar-refractivity contribution in [3.8, 4) is 0 Å². The van der Waals surface area contributed by atoms with Gasteiger partial charge >= 0.3 is 39.5 Å². The van der Waals surface area contributed by atoms with E-state index in [0.29, 0.717) is 25.7 Å². The van der Waals surface area contributed by atoms with Gasteiger partial charge in [-0.15, -0.1) is 0 Å². The van der Waals surface area contributed by atoms with Gasteiger partial charge in [0, 0.05) is 25.7 Å². The number of unbranched alkanes of at least 4 members (excludes halogenated alkanes) is 33. The van der Waals surface area contributed by atoms with Crippen molar-refractivity contribution in [3.05, 3.63) is 0 Å². The standard InChI is InChI=1S/C71H138O17P2/c1-9-64(8)50-42-34-29-30-36-44-52-69(74)82-58-67(88-70(75)53-45-37-27-19-15-13-11-10-12-14-17-23-31-39-47-61(2)3)60-86-90(79,80)84-56-65(72)55-83-89(77,78)85-59-66(57-81-68(73)51-43-35-26-22-21-25-33-41-49-63(6)7)87-71(76)54-46-38-28-20-16-18-24-32-40-48-62(4)5/h61-67,72H,9-60H2,1-8H3,(H,77,78)(H,79,80)/t64?,65?,66-,67-/m1/s1. The molecule has 0 aliphatic rings. The number of carbonyl (C=O) groups is 4. The summed E-state index contributed by atoms with van der Waals surface area (Å²) in [6.07, 6.45) is 43.1. The molecular formula is C71H138O17P2. The molecule has 0 saturated heterocycles. The number of aliphatic hydroxyl groups is 1. The van der Waals surface area contributed by atoms with Crippen molar-refractivity contribution in [2.75, 3.05) is 39.6 Å². The lowest BCUT2D eigenvalue weighted by Crippen LogP contribution is -2.30. The van der Waals surface area contributed by atoms with E-state index in [1.165, 1.54) is 148 Å². The lowest BCUT2D eigenvalue weighted by Gasteiger charge is -2.21. The Kier molecular flexibility index (Phi) is 59.4. The van der Waals surface area contributed by atoms with Crippen LogP contribution in [0.4, 0.5) is 0 Å². The Hall–Kier alpha value is -1.94. The van der Waals surface area contributed by atoms with E-state index in [1.807, 2.05) is 0 Å². The first-order chi connectivity index (χ1) is 43.1. The first kappa shape index (κ1) is 88.1. The van der Waals surface area contributed by atoms with Gasteiger partial charge in [0.2, 0.25) is 0 Å². The number of hydrogen-bond acceptors (Lipinski definition) is 15. The molecule has 90 heavy (non-hydrogen) atoms. The van der Waals surface area contributed by atoms with Crippen molar-refractivity contribution in [3.63, 3.8) is 0 Å². The number of rotatable bonds is 68. The smallest absolute Gasteiger partial charge is 0.462 e. The second-order valence-electron chi connectivity index (χ2n) is 27.3. The van der Waals surface area contributed by atoms with Crippen LogP contribution in [-0.2, 0) is 65.4 Å². The molecule has 19 heteroatoms. The lowest BCUT2D eigenvalue weighted by atomic mass is 10.00. The van der Waals surface area contributed by atoms with Crippen LogP contribution < -0.4 is 0 Å². The quantitative estimate of drug-likeness (QED) is 0.0222. The second kappa shape index (κ2) is 60.7. The Morgan fingerprint density at radius 1 is 0.311 bits per heavy atom.